The van der Waals surface area contributed by atoms with E-state index in [2.05, 4.69) is 9.97 Å². The van der Waals surface area contributed by atoms with E-state index >= 15 is 0 Å². The molecule has 18 heavy (non-hydrogen) atoms. The topological polar surface area (TPSA) is 63.9 Å². The molecule has 2 atom stereocenters. The van der Waals surface area contributed by atoms with Crippen molar-refractivity contribution in [3.05, 3.63) is 24.0 Å². The van der Waals surface area contributed by atoms with Crippen molar-refractivity contribution in [2.45, 2.75) is 37.8 Å². The molecule has 1 fully saturated rings. The first-order valence-corrected chi connectivity index (χ1v) is 6.28. The van der Waals surface area contributed by atoms with Crippen LogP contribution in [-0.2, 0) is 0 Å². The molecule has 0 saturated heterocycles. The standard InChI is InChI=1S/C13H16FN3O/c14-8-4-5-11-12(6-8)17-13(16-11)18-10-3-1-2-9(15)7-10/h4-6,9-10H,1-3,7,15H2,(H,16,17). The normalized spacial score (nSPS) is 24.3. The van der Waals surface area contributed by atoms with Crippen LogP contribution in [0.15, 0.2) is 18.2 Å². The van der Waals surface area contributed by atoms with Gasteiger partial charge in [-0.15, -0.1) is 0 Å². The summed E-state index contributed by atoms with van der Waals surface area (Å²) < 4.78 is 18.8. The number of nitrogens with two attached hydrogens (primary N) is 1. The monoisotopic (exact) mass is 249 g/mol. The molecule has 0 spiro atoms. The maximum absolute atomic E-state index is 13.1. The van der Waals surface area contributed by atoms with Crippen molar-refractivity contribution in [1.29, 1.82) is 0 Å². The fourth-order valence-electron chi connectivity index (χ4n) is 2.46. The van der Waals surface area contributed by atoms with Crippen molar-refractivity contribution < 1.29 is 9.13 Å². The van der Waals surface area contributed by atoms with Crippen LogP contribution in [0.3, 0.4) is 0 Å². The molecular weight excluding hydrogens is 233 g/mol. The predicted molar refractivity (Wildman–Crippen MR) is 66.9 cm³/mol. The lowest BCUT2D eigenvalue weighted by Crippen LogP contribution is -2.33. The molecule has 3 N–H and O–H groups in total. The molecule has 1 aromatic carbocycles. The van der Waals surface area contributed by atoms with Crippen LogP contribution in [-0.4, -0.2) is 22.1 Å². The largest absolute Gasteiger partial charge is 0.461 e. The van der Waals surface area contributed by atoms with Gasteiger partial charge in [-0.25, -0.2) is 4.39 Å². The van der Waals surface area contributed by atoms with Crippen molar-refractivity contribution in [1.82, 2.24) is 9.97 Å². The molecule has 1 aliphatic carbocycles. The first-order chi connectivity index (χ1) is 8.70. The van der Waals surface area contributed by atoms with Gasteiger partial charge in [0.05, 0.1) is 11.0 Å². The summed E-state index contributed by atoms with van der Waals surface area (Å²) in [5.41, 5.74) is 7.29. The number of H-pyrrole nitrogens is 1. The molecule has 1 saturated carbocycles. The second kappa shape index (κ2) is 4.57. The van der Waals surface area contributed by atoms with Gasteiger partial charge in [0, 0.05) is 6.04 Å². The summed E-state index contributed by atoms with van der Waals surface area (Å²) in [5.74, 6) is -0.280. The number of halogens is 1. The highest BCUT2D eigenvalue weighted by Crippen LogP contribution is 2.23. The van der Waals surface area contributed by atoms with Crippen molar-refractivity contribution in [2.75, 3.05) is 0 Å². The third-order valence-corrected chi connectivity index (χ3v) is 3.37. The Morgan fingerprint density at radius 2 is 2.28 bits per heavy atom. The number of hydrogen-bond acceptors (Lipinski definition) is 3. The van der Waals surface area contributed by atoms with Crippen molar-refractivity contribution >= 4 is 11.0 Å². The predicted octanol–water partition coefficient (Wildman–Crippen LogP) is 2.35. The van der Waals surface area contributed by atoms with Gasteiger partial charge in [0.1, 0.15) is 11.9 Å². The number of rotatable bonds is 2. The average molecular weight is 249 g/mol. The number of nitrogens with one attached hydrogen (secondary N) is 1. The van der Waals surface area contributed by atoms with Gasteiger partial charge in [0.2, 0.25) is 0 Å². The van der Waals surface area contributed by atoms with Crippen LogP contribution in [0.25, 0.3) is 11.0 Å². The van der Waals surface area contributed by atoms with Crippen LogP contribution in [0, 0.1) is 5.82 Å². The molecular formula is C13H16FN3O. The second-order valence-electron chi connectivity index (χ2n) is 4.87. The zero-order chi connectivity index (χ0) is 12.5. The zero-order valence-corrected chi connectivity index (χ0v) is 10.0. The van der Waals surface area contributed by atoms with Crippen LogP contribution < -0.4 is 10.5 Å². The second-order valence-corrected chi connectivity index (χ2v) is 4.87. The van der Waals surface area contributed by atoms with E-state index in [9.17, 15) is 4.39 Å². The van der Waals surface area contributed by atoms with Crippen molar-refractivity contribution in [2.24, 2.45) is 5.73 Å². The maximum Gasteiger partial charge on any atom is 0.294 e. The van der Waals surface area contributed by atoms with Crippen molar-refractivity contribution in [3.8, 4) is 6.01 Å². The number of ether oxygens (including phenoxy) is 1. The number of aromatic amines is 1. The lowest BCUT2D eigenvalue weighted by molar-refractivity contribution is 0.134. The minimum Gasteiger partial charge on any atom is -0.461 e. The number of aromatic nitrogens is 2. The molecule has 0 radical (unpaired) electrons. The smallest absolute Gasteiger partial charge is 0.294 e. The number of hydrogen-bond donors (Lipinski definition) is 2. The summed E-state index contributed by atoms with van der Waals surface area (Å²) in [4.78, 5) is 7.27. The maximum atomic E-state index is 13.1. The molecule has 1 aromatic heterocycles. The number of imidazole rings is 1. The van der Waals surface area contributed by atoms with E-state index in [-0.39, 0.29) is 18.0 Å². The lowest BCUT2D eigenvalue weighted by Gasteiger charge is -2.26. The Labute approximate surface area is 104 Å². The molecule has 4 nitrogen and oxygen atoms in total. The van der Waals surface area contributed by atoms with E-state index in [4.69, 9.17) is 10.5 Å². The first-order valence-electron chi connectivity index (χ1n) is 6.28. The van der Waals surface area contributed by atoms with Gasteiger partial charge in [-0.05, 0) is 43.9 Å². The van der Waals surface area contributed by atoms with E-state index in [1.165, 1.54) is 12.1 Å². The molecule has 1 heterocycles. The Hall–Kier alpha value is -1.62. The first kappa shape index (κ1) is 11.5. The molecule has 0 aliphatic heterocycles. The van der Waals surface area contributed by atoms with E-state index in [1.54, 1.807) is 6.07 Å². The third-order valence-electron chi connectivity index (χ3n) is 3.37. The third kappa shape index (κ3) is 2.31. The molecule has 96 valence electrons. The lowest BCUT2D eigenvalue weighted by atomic mass is 9.94. The van der Waals surface area contributed by atoms with Gasteiger partial charge in [-0.1, -0.05) is 0 Å². The fourth-order valence-corrected chi connectivity index (χ4v) is 2.46. The molecule has 0 amide bonds. The molecule has 3 rings (SSSR count). The highest BCUT2D eigenvalue weighted by Gasteiger charge is 2.21. The van der Waals surface area contributed by atoms with Crippen LogP contribution in [0.1, 0.15) is 25.7 Å². The highest BCUT2D eigenvalue weighted by molar-refractivity contribution is 5.75. The zero-order valence-electron chi connectivity index (χ0n) is 10.0. The van der Waals surface area contributed by atoms with Crippen LogP contribution >= 0.6 is 0 Å². The quantitative estimate of drug-likeness (QED) is 0.858. The summed E-state index contributed by atoms with van der Waals surface area (Å²) in [7, 11) is 0. The van der Waals surface area contributed by atoms with E-state index in [0.29, 0.717) is 17.0 Å². The summed E-state index contributed by atoms with van der Waals surface area (Å²) in [6.45, 7) is 0. The Morgan fingerprint density at radius 3 is 3.11 bits per heavy atom. The summed E-state index contributed by atoms with van der Waals surface area (Å²) in [6.07, 6.45) is 4.11. The molecule has 2 unspecified atom stereocenters. The molecule has 1 aliphatic rings. The Bertz CT molecular complexity index is 554. The van der Waals surface area contributed by atoms with Crippen LogP contribution in [0.4, 0.5) is 4.39 Å². The summed E-state index contributed by atoms with van der Waals surface area (Å²) in [5, 5.41) is 0. The number of benzene rings is 1. The number of nitrogens with zero attached hydrogens (tertiary/aromatic N) is 1. The van der Waals surface area contributed by atoms with Gasteiger partial charge in [-0.3, -0.25) is 0 Å². The Kier molecular flexibility index (Phi) is 2.91. The minimum atomic E-state index is -0.280. The SMILES string of the molecule is NC1CCCC(Oc2nc3ccc(F)cc3[nH]2)C1. The van der Waals surface area contributed by atoms with Gasteiger partial charge in [-0.2, -0.15) is 4.98 Å². The molecule has 0 bridgehead atoms. The van der Waals surface area contributed by atoms with Gasteiger partial charge in [0.25, 0.3) is 6.01 Å². The van der Waals surface area contributed by atoms with Gasteiger partial charge < -0.3 is 15.5 Å². The summed E-state index contributed by atoms with van der Waals surface area (Å²) in [6, 6.07) is 5.12. The van der Waals surface area contributed by atoms with Crippen LogP contribution in [0.5, 0.6) is 6.01 Å². The molecule has 2 aromatic rings. The fraction of sp³-hybridized carbons (Fsp3) is 0.462. The number of fused-ring (bicyclic) bond motifs is 1. The van der Waals surface area contributed by atoms with E-state index in [0.717, 1.165) is 25.7 Å². The van der Waals surface area contributed by atoms with Crippen LogP contribution in [0.2, 0.25) is 0 Å². The van der Waals surface area contributed by atoms with E-state index in [1.807, 2.05) is 0 Å². The highest BCUT2D eigenvalue weighted by atomic mass is 19.1. The average Bonchev–Trinajstić information content (AvgIpc) is 2.70. The van der Waals surface area contributed by atoms with Gasteiger partial charge >= 0.3 is 0 Å². The van der Waals surface area contributed by atoms with Crippen molar-refractivity contribution in [3.63, 3.8) is 0 Å². The summed E-state index contributed by atoms with van der Waals surface area (Å²) >= 11 is 0. The Balaban J connectivity index is 1.78. The van der Waals surface area contributed by atoms with E-state index < -0.39 is 0 Å². The van der Waals surface area contributed by atoms with Gasteiger partial charge in [0.15, 0.2) is 0 Å². The Morgan fingerprint density at radius 1 is 1.39 bits per heavy atom. The minimum absolute atomic E-state index is 0.110. The molecule has 5 heteroatoms.